The molecule has 1 fully saturated rings. The molecule has 6 heteroatoms. The second-order valence-corrected chi connectivity index (χ2v) is 9.56. The number of benzene rings is 2. The van der Waals surface area contributed by atoms with Crippen LogP contribution >= 0.6 is 0 Å². The number of hydrogen-bond donors (Lipinski definition) is 1. The Labute approximate surface area is 206 Å². The zero-order valence-electron chi connectivity index (χ0n) is 20.5. The van der Waals surface area contributed by atoms with Crippen LogP contribution in [-0.4, -0.2) is 11.7 Å². The van der Waals surface area contributed by atoms with Crippen molar-refractivity contribution in [3.63, 3.8) is 0 Å². The summed E-state index contributed by atoms with van der Waals surface area (Å²) in [4.78, 5) is 0. The van der Waals surface area contributed by atoms with Crippen molar-refractivity contribution in [3.8, 4) is 5.75 Å². The van der Waals surface area contributed by atoms with Gasteiger partial charge in [0.1, 0.15) is 0 Å². The molecule has 1 aliphatic rings. The SMILES string of the molecule is C=CCCCOc1ccc(C2CCC(CCc3ccc(C(O)CCC)c(F)c3F)CC2)c(F)c1F. The summed E-state index contributed by atoms with van der Waals surface area (Å²) >= 11 is 0. The van der Waals surface area contributed by atoms with E-state index >= 15 is 0 Å². The van der Waals surface area contributed by atoms with Gasteiger partial charge in [0.2, 0.25) is 5.82 Å². The lowest BCUT2D eigenvalue weighted by atomic mass is 9.76. The van der Waals surface area contributed by atoms with E-state index in [4.69, 9.17) is 4.74 Å². The highest BCUT2D eigenvalue weighted by Gasteiger charge is 2.27. The first-order chi connectivity index (χ1) is 16.9. The number of unbranched alkanes of at least 4 members (excludes halogenated alkanes) is 1. The molecule has 0 aliphatic heterocycles. The lowest BCUT2D eigenvalue weighted by molar-refractivity contribution is 0.160. The molecule has 0 spiro atoms. The van der Waals surface area contributed by atoms with E-state index in [1.165, 1.54) is 12.1 Å². The highest BCUT2D eigenvalue weighted by atomic mass is 19.2. The molecule has 0 amide bonds. The summed E-state index contributed by atoms with van der Waals surface area (Å²) in [5, 5.41) is 10.0. The van der Waals surface area contributed by atoms with Gasteiger partial charge in [-0.3, -0.25) is 0 Å². The Morgan fingerprint density at radius 1 is 1.00 bits per heavy atom. The van der Waals surface area contributed by atoms with Crippen molar-refractivity contribution in [1.82, 2.24) is 0 Å². The number of aliphatic hydroxyl groups is 1. The minimum absolute atomic E-state index is 0.0102. The Kier molecular flexibility index (Phi) is 10.2. The summed E-state index contributed by atoms with van der Waals surface area (Å²) in [7, 11) is 0. The van der Waals surface area contributed by atoms with Gasteiger partial charge in [0.05, 0.1) is 12.7 Å². The van der Waals surface area contributed by atoms with Crippen LogP contribution in [0.15, 0.2) is 36.9 Å². The molecule has 1 N–H and O–H groups in total. The normalized spacial score (nSPS) is 18.9. The molecule has 0 aromatic heterocycles. The standard InChI is InChI=1S/C29H36F4O2/c1-3-5-6-18-35-25-17-16-22(27(31)29(25)33)20-11-8-19(9-12-20)10-13-21-14-15-23(24(34)7-4-2)28(32)26(21)30/h3,14-17,19-20,24,34H,1,4-13,18H2,2H3. The molecule has 0 bridgehead atoms. The van der Waals surface area contributed by atoms with Gasteiger partial charge in [-0.15, -0.1) is 6.58 Å². The van der Waals surface area contributed by atoms with Crippen LogP contribution in [0.1, 0.15) is 93.4 Å². The van der Waals surface area contributed by atoms with Crippen LogP contribution in [0.4, 0.5) is 17.6 Å². The van der Waals surface area contributed by atoms with E-state index in [2.05, 4.69) is 6.58 Å². The van der Waals surface area contributed by atoms with Gasteiger partial charge in [-0.2, -0.15) is 4.39 Å². The maximum Gasteiger partial charge on any atom is 0.200 e. The fraction of sp³-hybridized carbons (Fsp3) is 0.517. The number of ether oxygens (including phenoxy) is 1. The van der Waals surface area contributed by atoms with E-state index < -0.39 is 29.4 Å². The molecule has 2 nitrogen and oxygen atoms in total. The van der Waals surface area contributed by atoms with Gasteiger partial charge in [-0.25, -0.2) is 13.2 Å². The zero-order valence-corrected chi connectivity index (χ0v) is 20.5. The summed E-state index contributed by atoms with van der Waals surface area (Å²) in [6, 6.07) is 6.18. The number of aryl methyl sites for hydroxylation is 1. The Hall–Kier alpha value is -2.34. The third-order valence-electron chi connectivity index (χ3n) is 7.11. The predicted molar refractivity (Wildman–Crippen MR) is 131 cm³/mol. The quantitative estimate of drug-likeness (QED) is 0.183. The molecule has 1 unspecified atom stereocenters. The topological polar surface area (TPSA) is 29.5 Å². The molecule has 0 radical (unpaired) electrons. The van der Waals surface area contributed by atoms with Gasteiger partial charge < -0.3 is 9.84 Å². The van der Waals surface area contributed by atoms with Crippen LogP contribution in [-0.2, 0) is 6.42 Å². The molecule has 0 saturated heterocycles. The van der Waals surface area contributed by atoms with Crippen LogP contribution in [0.5, 0.6) is 5.75 Å². The van der Waals surface area contributed by atoms with Crippen molar-refractivity contribution in [3.05, 3.63) is 76.9 Å². The van der Waals surface area contributed by atoms with Gasteiger partial charge in [0.15, 0.2) is 23.2 Å². The summed E-state index contributed by atoms with van der Waals surface area (Å²) in [6.07, 6.45) is 7.46. The fourth-order valence-corrected chi connectivity index (χ4v) is 4.99. The summed E-state index contributed by atoms with van der Waals surface area (Å²) < 4.78 is 63.6. The molecule has 35 heavy (non-hydrogen) atoms. The Morgan fingerprint density at radius 2 is 1.74 bits per heavy atom. The first kappa shape index (κ1) is 27.3. The minimum Gasteiger partial charge on any atom is -0.490 e. The van der Waals surface area contributed by atoms with E-state index in [1.807, 2.05) is 6.92 Å². The van der Waals surface area contributed by atoms with E-state index in [1.54, 1.807) is 18.2 Å². The first-order valence-corrected chi connectivity index (χ1v) is 12.7. The highest BCUT2D eigenvalue weighted by Crippen LogP contribution is 2.40. The van der Waals surface area contributed by atoms with Gasteiger partial charge in [0, 0.05) is 5.56 Å². The third kappa shape index (κ3) is 6.87. The first-order valence-electron chi connectivity index (χ1n) is 12.7. The Morgan fingerprint density at radius 3 is 2.43 bits per heavy atom. The van der Waals surface area contributed by atoms with Crippen LogP contribution in [0.2, 0.25) is 0 Å². The summed E-state index contributed by atoms with van der Waals surface area (Å²) in [5.41, 5.74) is 0.707. The summed E-state index contributed by atoms with van der Waals surface area (Å²) in [6.45, 7) is 5.81. The number of halogens is 4. The lowest BCUT2D eigenvalue weighted by Gasteiger charge is -2.29. The van der Waals surface area contributed by atoms with Gasteiger partial charge in [-0.05, 0) is 86.8 Å². The van der Waals surface area contributed by atoms with E-state index in [-0.39, 0.29) is 17.2 Å². The van der Waals surface area contributed by atoms with Gasteiger partial charge in [-0.1, -0.05) is 37.6 Å². The van der Waals surface area contributed by atoms with Crippen molar-refractivity contribution >= 4 is 0 Å². The zero-order chi connectivity index (χ0) is 25.4. The second-order valence-electron chi connectivity index (χ2n) is 9.56. The summed E-state index contributed by atoms with van der Waals surface area (Å²) in [5.74, 6) is -3.42. The maximum atomic E-state index is 14.7. The maximum absolute atomic E-state index is 14.7. The molecule has 2 aromatic rings. The van der Waals surface area contributed by atoms with Crippen LogP contribution in [0.25, 0.3) is 0 Å². The van der Waals surface area contributed by atoms with Crippen LogP contribution in [0, 0.1) is 29.2 Å². The fourth-order valence-electron chi connectivity index (χ4n) is 4.99. The van der Waals surface area contributed by atoms with Gasteiger partial charge >= 0.3 is 0 Å². The highest BCUT2D eigenvalue weighted by molar-refractivity contribution is 5.33. The number of aliphatic hydroxyl groups excluding tert-OH is 1. The average molecular weight is 493 g/mol. The molecule has 1 aliphatic carbocycles. The minimum atomic E-state index is -0.998. The van der Waals surface area contributed by atoms with Crippen LogP contribution < -0.4 is 4.74 Å². The molecular weight excluding hydrogens is 456 g/mol. The van der Waals surface area contributed by atoms with E-state index in [0.29, 0.717) is 55.8 Å². The predicted octanol–water partition coefficient (Wildman–Crippen LogP) is 8.33. The van der Waals surface area contributed by atoms with Crippen molar-refractivity contribution in [2.75, 3.05) is 6.61 Å². The molecule has 0 heterocycles. The molecule has 2 aromatic carbocycles. The molecule has 192 valence electrons. The largest absolute Gasteiger partial charge is 0.490 e. The smallest absolute Gasteiger partial charge is 0.200 e. The van der Waals surface area contributed by atoms with Crippen molar-refractivity contribution < 1.29 is 27.4 Å². The Balaban J connectivity index is 1.54. The molecular formula is C29H36F4O2. The van der Waals surface area contributed by atoms with E-state index in [9.17, 15) is 22.7 Å². The van der Waals surface area contributed by atoms with Crippen LogP contribution in [0.3, 0.4) is 0 Å². The van der Waals surface area contributed by atoms with Crippen molar-refractivity contribution in [1.29, 1.82) is 0 Å². The van der Waals surface area contributed by atoms with Crippen molar-refractivity contribution in [2.24, 2.45) is 5.92 Å². The lowest BCUT2D eigenvalue weighted by Crippen LogP contribution is -2.16. The Bertz CT molecular complexity index is 983. The molecule has 1 saturated carbocycles. The van der Waals surface area contributed by atoms with Crippen molar-refractivity contribution in [2.45, 2.75) is 83.2 Å². The second kappa shape index (κ2) is 13.1. The monoisotopic (exact) mass is 492 g/mol. The molecule has 1 atom stereocenters. The average Bonchev–Trinajstić information content (AvgIpc) is 2.86. The number of rotatable bonds is 12. The van der Waals surface area contributed by atoms with Gasteiger partial charge in [0.25, 0.3) is 0 Å². The third-order valence-corrected chi connectivity index (χ3v) is 7.11. The van der Waals surface area contributed by atoms with E-state index in [0.717, 1.165) is 32.1 Å². The number of allylic oxidation sites excluding steroid dienone is 1. The number of hydrogen-bond acceptors (Lipinski definition) is 2. The molecule has 3 rings (SSSR count).